The van der Waals surface area contributed by atoms with E-state index in [1.165, 1.54) is 13.8 Å². The van der Waals surface area contributed by atoms with Crippen LogP contribution in [0.25, 0.3) is 0 Å². The zero-order valence-corrected chi connectivity index (χ0v) is 12.9. The van der Waals surface area contributed by atoms with Gasteiger partial charge in [-0.3, -0.25) is 4.79 Å². The van der Waals surface area contributed by atoms with Crippen molar-refractivity contribution in [3.63, 3.8) is 0 Å². The lowest BCUT2D eigenvalue weighted by molar-refractivity contribution is -0.142. The van der Waals surface area contributed by atoms with E-state index in [2.05, 4.69) is 15.3 Å². The van der Waals surface area contributed by atoms with Crippen molar-refractivity contribution >= 4 is 11.6 Å². The summed E-state index contributed by atoms with van der Waals surface area (Å²) in [4.78, 5) is 18.8. The molecule has 0 bridgehead atoms. The van der Waals surface area contributed by atoms with E-state index in [1.807, 2.05) is 0 Å². The minimum atomic E-state index is -4.65. The van der Waals surface area contributed by atoms with Crippen LogP contribution >= 0.6 is 0 Å². The van der Waals surface area contributed by atoms with Gasteiger partial charge in [0.2, 0.25) is 0 Å². The quantitative estimate of drug-likeness (QED) is 0.806. The summed E-state index contributed by atoms with van der Waals surface area (Å²) in [6, 6.07) is 3.32. The maximum Gasteiger partial charge on any atom is 0.433 e. The van der Waals surface area contributed by atoms with Gasteiger partial charge in [-0.15, -0.1) is 0 Å². The number of aryl methyl sites for hydroxylation is 2. The number of nitrogens with zero attached hydrogens (tertiary/aromatic N) is 2. The van der Waals surface area contributed by atoms with Crippen LogP contribution in [0.1, 0.15) is 33.1 Å². The Morgan fingerprint density at radius 1 is 0.840 bits per heavy atom. The van der Waals surface area contributed by atoms with Gasteiger partial charge in [0.15, 0.2) is 0 Å². The fraction of sp³-hybridized carbons (Fsp3) is 0.267. The van der Waals surface area contributed by atoms with Gasteiger partial charge < -0.3 is 5.32 Å². The molecule has 25 heavy (non-hydrogen) atoms. The molecular formula is C15H11F6N3O. The van der Waals surface area contributed by atoms with E-state index in [4.69, 9.17) is 0 Å². The lowest BCUT2D eigenvalue weighted by Gasteiger charge is -2.13. The van der Waals surface area contributed by atoms with Crippen molar-refractivity contribution in [3.8, 4) is 0 Å². The molecule has 0 unspecified atom stereocenters. The number of halogens is 6. The number of alkyl halides is 6. The largest absolute Gasteiger partial charge is 0.433 e. The molecule has 0 aromatic carbocycles. The lowest BCUT2D eigenvalue weighted by Crippen LogP contribution is -2.18. The molecule has 1 amide bonds. The summed E-state index contributed by atoms with van der Waals surface area (Å²) < 4.78 is 75.4. The molecular weight excluding hydrogens is 352 g/mol. The molecule has 0 aliphatic heterocycles. The van der Waals surface area contributed by atoms with Crippen LogP contribution in [0, 0.1) is 13.8 Å². The maximum absolute atomic E-state index is 12.6. The van der Waals surface area contributed by atoms with Gasteiger partial charge in [0.25, 0.3) is 5.91 Å². The third-order valence-corrected chi connectivity index (χ3v) is 3.25. The molecule has 0 aliphatic carbocycles. The van der Waals surface area contributed by atoms with Crippen LogP contribution in [-0.2, 0) is 12.4 Å². The third kappa shape index (κ3) is 4.25. The first-order valence-electron chi connectivity index (χ1n) is 6.80. The topological polar surface area (TPSA) is 54.9 Å². The highest BCUT2D eigenvalue weighted by Crippen LogP contribution is 2.30. The van der Waals surface area contributed by atoms with E-state index >= 15 is 0 Å². The van der Waals surface area contributed by atoms with Crippen molar-refractivity contribution in [2.75, 3.05) is 5.32 Å². The SMILES string of the molecule is Cc1nc(C(F)(F)F)ccc1NC(=O)c1ccc(C(F)(F)F)nc1C. The second-order valence-electron chi connectivity index (χ2n) is 5.11. The number of pyridine rings is 2. The standard InChI is InChI=1S/C15H11F6N3O/c1-7-9(3-5-11(22-7)14(16,17)18)13(25)24-10-4-6-12(15(19,20)21)23-8(10)2/h3-6H,1-2H3,(H,24,25). The van der Waals surface area contributed by atoms with Crippen molar-refractivity contribution in [2.45, 2.75) is 26.2 Å². The number of nitrogens with one attached hydrogen (secondary N) is 1. The summed E-state index contributed by atoms with van der Waals surface area (Å²) in [5, 5.41) is 2.31. The second kappa shape index (κ2) is 6.34. The van der Waals surface area contributed by atoms with Crippen LogP contribution in [0.2, 0.25) is 0 Å². The molecule has 2 aromatic rings. The summed E-state index contributed by atoms with van der Waals surface area (Å²) in [6.07, 6.45) is -9.27. The highest BCUT2D eigenvalue weighted by atomic mass is 19.4. The zero-order valence-electron chi connectivity index (χ0n) is 12.9. The minimum absolute atomic E-state index is 0.0114. The highest BCUT2D eigenvalue weighted by Gasteiger charge is 2.34. The van der Waals surface area contributed by atoms with Crippen LogP contribution in [-0.4, -0.2) is 15.9 Å². The van der Waals surface area contributed by atoms with Crippen LogP contribution in [0.3, 0.4) is 0 Å². The Hall–Kier alpha value is -2.65. The molecule has 0 radical (unpaired) electrons. The molecule has 0 spiro atoms. The summed E-state index contributed by atoms with van der Waals surface area (Å²) in [6.45, 7) is 2.49. The van der Waals surface area contributed by atoms with Gasteiger partial charge in [-0.25, -0.2) is 9.97 Å². The first-order valence-corrected chi connectivity index (χ1v) is 6.80. The molecule has 2 rings (SSSR count). The maximum atomic E-state index is 12.6. The average Bonchev–Trinajstić information content (AvgIpc) is 2.47. The fourth-order valence-corrected chi connectivity index (χ4v) is 2.00. The fourth-order valence-electron chi connectivity index (χ4n) is 2.00. The minimum Gasteiger partial charge on any atom is -0.320 e. The van der Waals surface area contributed by atoms with Gasteiger partial charge in [-0.2, -0.15) is 26.3 Å². The van der Waals surface area contributed by atoms with Gasteiger partial charge in [-0.1, -0.05) is 0 Å². The smallest absolute Gasteiger partial charge is 0.320 e. The molecule has 0 saturated carbocycles. The summed E-state index contributed by atoms with van der Waals surface area (Å²) >= 11 is 0. The predicted molar refractivity (Wildman–Crippen MR) is 75.9 cm³/mol. The van der Waals surface area contributed by atoms with Gasteiger partial charge in [0.1, 0.15) is 11.4 Å². The molecule has 2 aromatic heterocycles. The summed E-state index contributed by atoms with van der Waals surface area (Å²) in [5.74, 6) is -0.802. The molecule has 0 aliphatic rings. The van der Waals surface area contributed by atoms with Crippen molar-refractivity contribution in [1.82, 2.24) is 9.97 Å². The first kappa shape index (κ1) is 18.7. The number of rotatable bonds is 2. The average molecular weight is 363 g/mol. The summed E-state index contributed by atoms with van der Waals surface area (Å²) in [5.41, 5.74) is -2.63. The monoisotopic (exact) mass is 363 g/mol. The van der Waals surface area contributed by atoms with Crippen LogP contribution in [0.4, 0.5) is 32.0 Å². The Labute approximate surface area is 137 Å². The zero-order chi connectivity index (χ0) is 19.0. The Kier molecular flexibility index (Phi) is 4.74. The lowest BCUT2D eigenvalue weighted by atomic mass is 10.1. The molecule has 0 saturated heterocycles. The molecule has 0 atom stereocenters. The number of hydrogen-bond donors (Lipinski definition) is 1. The molecule has 1 N–H and O–H groups in total. The number of amides is 1. The normalized spacial score (nSPS) is 12.2. The van der Waals surface area contributed by atoms with E-state index < -0.39 is 29.6 Å². The second-order valence-corrected chi connectivity index (χ2v) is 5.11. The Morgan fingerprint density at radius 2 is 1.32 bits per heavy atom. The van der Waals surface area contributed by atoms with Crippen molar-refractivity contribution < 1.29 is 31.1 Å². The number of anilines is 1. The van der Waals surface area contributed by atoms with Gasteiger partial charge in [0, 0.05) is 0 Å². The number of aromatic nitrogens is 2. The van der Waals surface area contributed by atoms with Crippen molar-refractivity contribution in [1.29, 1.82) is 0 Å². The Bertz CT molecular complexity index is 814. The molecule has 10 heteroatoms. The van der Waals surface area contributed by atoms with E-state index in [0.717, 1.165) is 12.1 Å². The summed E-state index contributed by atoms with van der Waals surface area (Å²) in [7, 11) is 0. The van der Waals surface area contributed by atoms with E-state index in [9.17, 15) is 31.1 Å². The van der Waals surface area contributed by atoms with Crippen LogP contribution in [0.5, 0.6) is 0 Å². The number of hydrogen-bond acceptors (Lipinski definition) is 3. The highest BCUT2D eigenvalue weighted by molar-refractivity contribution is 6.05. The van der Waals surface area contributed by atoms with E-state index in [-0.39, 0.29) is 22.6 Å². The van der Waals surface area contributed by atoms with Crippen molar-refractivity contribution in [3.05, 3.63) is 52.6 Å². The first-order chi connectivity index (χ1) is 11.4. The van der Waals surface area contributed by atoms with E-state index in [0.29, 0.717) is 12.1 Å². The molecule has 134 valence electrons. The predicted octanol–water partition coefficient (Wildman–Crippen LogP) is 4.38. The number of carbonyl (C=O) groups excluding carboxylic acids is 1. The van der Waals surface area contributed by atoms with Gasteiger partial charge in [0.05, 0.1) is 22.6 Å². The molecule has 4 nitrogen and oxygen atoms in total. The van der Waals surface area contributed by atoms with Gasteiger partial charge in [-0.05, 0) is 38.1 Å². The Morgan fingerprint density at radius 3 is 1.76 bits per heavy atom. The van der Waals surface area contributed by atoms with Crippen LogP contribution in [0.15, 0.2) is 24.3 Å². The van der Waals surface area contributed by atoms with Crippen molar-refractivity contribution in [2.24, 2.45) is 0 Å². The number of carbonyl (C=O) groups is 1. The molecule has 0 fully saturated rings. The van der Waals surface area contributed by atoms with Crippen LogP contribution < -0.4 is 5.32 Å². The Balaban J connectivity index is 2.26. The van der Waals surface area contributed by atoms with E-state index in [1.54, 1.807) is 0 Å². The van der Waals surface area contributed by atoms with Gasteiger partial charge >= 0.3 is 12.4 Å². The third-order valence-electron chi connectivity index (χ3n) is 3.25. The molecule has 2 heterocycles.